The molecule has 3 rings (SSSR count). The third-order valence-electron chi connectivity index (χ3n) is 4.48. The van der Waals surface area contributed by atoms with Crippen LogP contribution < -0.4 is 4.90 Å². The number of aryl methyl sites for hydroxylation is 1. The summed E-state index contributed by atoms with van der Waals surface area (Å²) >= 11 is 0. The molecule has 1 aliphatic heterocycles. The van der Waals surface area contributed by atoms with Crippen LogP contribution in [0, 0.1) is 18.7 Å². The summed E-state index contributed by atoms with van der Waals surface area (Å²) < 4.78 is 13.7. The molecular formula is C15H20FNO. The molecule has 1 saturated carbocycles. The summed E-state index contributed by atoms with van der Waals surface area (Å²) in [5, 5.41) is 9.86. The first-order valence-corrected chi connectivity index (χ1v) is 6.81. The molecule has 2 unspecified atom stereocenters. The van der Waals surface area contributed by atoms with Crippen molar-refractivity contribution < 1.29 is 9.50 Å². The monoisotopic (exact) mass is 249 g/mol. The van der Waals surface area contributed by atoms with Gasteiger partial charge in [0.15, 0.2) is 0 Å². The molecule has 18 heavy (non-hydrogen) atoms. The Bertz CT molecular complexity index is 472. The van der Waals surface area contributed by atoms with Crippen LogP contribution in [0.2, 0.25) is 0 Å². The lowest BCUT2D eigenvalue weighted by atomic mass is 10.0. The van der Waals surface area contributed by atoms with Gasteiger partial charge in [-0.25, -0.2) is 4.39 Å². The number of aliphatic hydroxyl groups is 1. The Hall–Kier alpha value is -1.09. The zero-order valence-electron chi connectivity index (χ0n) is 11.0. The third kappa shape index (κ3) is 1.81. The first kappa shape index (κ1) is 12.0. The summed E-state index contributed by atoms with van der Waals surface area (Å²) in [6.07, 6.45) is 3.20. The molecule has 1 saturated heterocycles. The van der Waals surface area contributed by atoms with Crippen LogP contribution >= 0.6 is 0 Å². The number of piperidine rings is 1. The first-order valence-electron chi connectivity index (χ1n) is 6.81. The predicted molar refractivity (Wildman–Crippen MR) is 70.2 cm³/mol. The van der Waals surface area contributed by atoms with E-state index >= 15 is 0 Å². The normalized spacial score (nSPS) is 27.9. The number of halogens is 1. The van der Waals surface area contributed by atoms with Gasteiger partial charge in [0, 0.05) is 23.8 Å². The van der Waals surface area contributed by atoms with Gasteiger partial charge in [0.2, 0.25) is 0 Å². The van der Waals surface area contributed by atoms with Gasteiger partial charge in [-0.05, 0) is 56.7 Å². The number of anilines is 1. The maximum Gasteiger partial charge on any atom is 0.126 e. The van der Waals surface area contributed by atoms with Gasteiger partial charge in [-0.2, -0.15) is 0 Å². The Labute approximate surface area is 107 Å². The minimum atomic E-state index is -0.616. The van der Waals surface area contributed by atoms with Gasteiger partial charge >= 0.3 is 0 Å². The van der Waals surface area contributed by atoms with Crippen molar-refractivity contribution in [1.29, 1.82) is 0 Å². The Kier molecular flexibility index (Phi) is 2.81. The van der Waals surface area contributed by atoms with Gasteiger partial charge in [-0.15, -0.1) is 0 Å². The number of hydrogen-bond donors (Lipinski definition) is 1. The Morgan fingerprint density at radius 3 is 2.72 bits per heavy atom. The van der Waals surface area contributed by atoms with Crippen LogP contribution in [0.4, 0.5) is 10.1 Å². The molecule has 1 aromatic carbocycles. The highest BCUT2D eigenvalue weighted by Crippen LogP contribution is 2.42. The Balaban J connectivity index is 2.02. The predicted octanol–water partition coefficient (Wildman–Crippen LogP) is 3.18. The molecule has 0 aromatic heterocycles. The van der Waals surface area contributed by atoms with Crippen molar-refractivity contribution in [2.75, 3.05) is 11.4 Å². The molecule has 2 nitrogen and oxygen atoms in total. The maximum atomic E-state index is 13.7. The molecule has 2 bridgehead atoms. The fraction of sp³-hybridized carbons (Fsp3) is 0.600. The summed E-state index contributed by atoms with van der Waals surface area (Å²) in [4.78, 5) is 2.38. The van der Waals surface area contributed by atoms with E-state index in [0.29, 0.717) is 11.6 Å². The van der Waals surface area contributed by atoms with E-state index < -0.39 is 6.10 Å². The molecule has 1 aliphatic carbocycles. The molecule has 1 heterocycles. The molecule has 0 radical (unpaired) electrons. The molecule has 0 amide bonds. The number of rotatable bonds is 2. The van der Waals surface area contributed by atoms with E-state index in [1.54, 1.807) is 13.8 Å². The fourth-order valence-corrected chi connectivity index (χ4v) is 3.48. The average Bonchev–Trinajstić information content (AvgIpc) is 2.93. The average molecular weight is 249 g/mol. The molecule has 0 spiro atoms. The summed E-state index contributed by atoms with van der Waals surface area (Å²) in [5.74, 6) is 0.571. The zero-order valence-corrected chi connectivity index (χ0v) is 11.0. The summed E-state index contributed by atoms with van der Waals surface area (Å²) in [7, 11) is 0. The van der Waals surface area contributed by atoms with Crippen molar-refractivity contribution >= 4 is 5.69 Å². The second kappa shape index (κ2) is 4.23. The molecule has 2 fully saturated rings. The number of aliphatic hydroxyl groups excluding tert-OH is 1. The summed E-state index contributed by atoms with van der Waals surface area (Å²) in [6.45, 7) is 4.57. The number of nitrogens with zero attached hydrogens (tertiary/aromatic N) is 1. The third-order valence-corrected chi connectivity index (χ3v) is 4.48. The quantitative estimate of drug-likeness (QED) is 0.870. The zero-order chi connectivity index (χ0) is 12.9. The Morgan fingerprint density at radius 1 is 1.39 bits per heavy atom. The van der Waals surface area contributed by atoms with E-state index in [1.165, 1.54) is 25.3 Å². The molecule has 3 heteroatoms. The summed E-state index contributed by atoms with van der Waals surface area (Å²) in [6, 6.07) is 4.00. The van der Waals surface area contributed by atoms with E-state index in [4.69, 9.17) is 0 Å². The smallest absolute Gasteiger partial charge is 0.126 e. The van der Waals surface area contributed by atoms with Crippen molar-refractivity contribution in [2.45, 2.75) is 45.3 Å². The van der Waals surface area contributed by atoms with Crippen LogP contribution in [-0.4, -0.2) is 17.7 Å². The van der Waals surface area contributed by atoms with Gasteiger partial charge < -0.3 is 10.0 Å². The molecule has 1 N–H and O–H groups in total. The van der Waals surface area contributed by atoms with Gasteiger partial charge in [0.25, 0.3) is 0 Å². The van der Waals surface area contributed by atoms with Crippen LogP contribution in [0.25, 0.3) is 0 Å². The van der Waals surface area contributed by atoms with Gasteiger partial charge in [0.05, 0.1) is 6.10 Å². The highest BCUT2D eigenvalue weighted by atomic mass is 19.1. The van der Waals surface area contributed by atoms with E-state index in [-0.39, 0.29) is 5.82 Å². The van der Waals surface area contributed by atoms with Crippen molar-refractivity contribution in [3.05, 3.63) is 29.1 Å². The van der Waals surface area contributed by atoms with Gasteiger partial charge in [0.1, 0.15) is 5.82 Å². The van der Waals surface area contributed by atoms with E-state index in [2.05, 4.69) is 4.90 Å². The minimum Gasteiger partial charge on any atom is -0.389 e. The standard InChI is InChI=1S/C15H20FNO/c1-9-5-15(13(10(2)18)7-14(9)16)17-8-11-3-4-12(17)6-11/h5,7,10-12,18H,3-4,6,8H2,1-2H3/t10-,11?,12?/m1/s1. The van der Waals surface area contributed by atoms with Crippen molar-refractivity contribution in [1.82, 2.24) is 0 Å². The van der Waals surface area contributed by atoms with E-state index in [1.807, 2.05) is 6.07 Å². The summed E-state index contributed by atoms with van der Waals surface area (Å²) in [5.41, 5.74) is 2.43. The van der Waals surface area contributed by atoms with Crippen molar-refractivity contribution in [3.63, 3.8) is 0 Å². The second-order valence-electron chi connectivity index (χ2n) is 5.82. The van der Waals surface area contributed by atoms with Gasteiger partial charge in [-0.1, -0.05) is 0 Å². The first-order chi connectivity index (χ1) is 8.56. The number of hydrogen-bond acceptors (Lipinski definition) is 2. The molecule has 3 atom stereocenters. The lowest BCUT2D eigenvalue weighted by Gasteiger charge is -2.32. The van der Waals surface area contributed by atoms with Crippen LogP contribution in [0.1, 0.15) is 43.4 Å². The van der Waals surface area contributed by atoms with E-state index in [0.717, 1.165) is 23.7 Å². The van der Waals surface area contributed by atoms with Crippen LogP contribution in [0.15, 0.2) is 12.1 Å². The lowest BCUT2D eigenvalue weighted by molar-refractivity contribution is 0.199. The topological polar surface area (TPSA) is 23.5 Å². The SMILES string of the molecule is Cc1cc(N2CC3CCC2C3)c([C@@H](C)O)cc1F. The van der Waals surface area contributed by atoms with Crippen molar-refractivity contribution in [2.24, 2.45) is 5.92 Å². The minimum absolute atomic E-state index is 0.223. The Morgan fingerprint density at radius 2 is 2.17 bits per heavy atom. The second-order valence-corrected chi connectivity index (χ2v) is 5.82. The van der Waals surface area contributed by atoms with Crippen LogP contribution in [0.5, 0.6) is 0 Å². The molecular weight excluding hydrogens is 229 g/mol. The number of benzene rings is 1. The van der Waals surface area contributed by atoms with Crippen LogP contribution in [0.3, 0.4) is 0 Å². The van der Waals surface area contributed by atoms with Gasteiger partial charge in [-0.3, -0.25) is 0 Å². The maximum absolute atomic E-state index is 13.7. The molecule has 1 aromatic rings. The highest BCUT2D eigenvalue weighted by Gasteiger charge is 2.38. The number of fused-ring (bicyclic) bond motifs is 2. The largest absolute Gasteiger partial charge is 0.389 e. The molecule has 98 valence electrons. The highest BCUT2D eigenvalue weighted by molar-refractivity contribution is 5.58. The fourth-order valence-electron chi connectivity index (χ4n) is 3.48. The van der Waals surface area contributed by atoms with Crippen molar-refractivity contribution in [3.8, 4) is 0 Å². The van der Waals surface area contributed by atoms with Crippen LogP contribution in [-0.2, 0) is 0 Å². The lowest BCUT2D eigenvalue weighted by Crippen LogP contribution is -2.33. The van der Waals surface area contributed by atoms with E-state index in [9.17, 15) is 9.50 Å². The molecule has 2 aliphatic rings.